The van der Waals surface area contributed by atoms with Crippen LogP contribution in [-0.2, 0) is 4.74 Å². The average Bonchev–Trinajstić information content (AvgIpc) is 3.21. The van der Waals surface area contributed by atoms with E-state index in [0.717, 1.165) is 31.8 Å². The number of para-hydroxylation sites is 1. The zero-order valence-corrected chi connectivity index (χ0v) is 13.6. The number of nitrogens with one attached hydrogen (secondary N) is 1. The number of benzene rings is 1. The zero-order chi connectivity index (χ0) is 16.5. The fraction of sp³-hybridized carbons (Fsp3) is 0.471. The molecule has 24 heavy (non-hydrogen) atoms. The fourth-order valence-corrected chi connectivity index (χ4v) is 3.55. The van der Waals surface area contributed by atoms with Crippen LogP contribution < -0.4 is 5.32 Å². The third-order valence-corrected chi connectivity index (χ3v) is 4.71. The highest BCUT2D eigenvalue weighted by molar-refractivity contribution is 5.93. The Labute approximate surface area is 140 Å². The van der Waals surface area contributed by atoms with Crippen LogP contribution in [0.15, 0.2) is 36.5 Å². The molecule has 7 heteroatoms. The summed E-state index contributed by atoms with van der Waals surface area (Å²) in [6.45, 7) is 4.64. The lowest BCUT2D eigenvalue weighted by Gasteiger charge is -2.33. The van der Waals surface area contributed by atoms with Crippen LogP contribution in [0.2, 0.25) is 0 Å². The standard InChI is InChI=1S/C17H21N5O2/c1-12-9-21-10-13(7-15(21)11-24-12)19-17(23)16-8-18-20-22(16)14-5-3-2-4-6-14/h2-6,8,12-13,15H,7,9-11H2,1H3,(H,19,23). The van der Waals surface area contributed by atoms with Crippen molar-refractivity contribution in [1.82, 2.24) is 25.2 Å². The summed E-state index contributed by atoms with van der Waals surface area (Å²) < 4.78 is 7.29. The predicted molar refractivity (Wildman–Crippen MR) is 88.0 cm³/mol. The van der Waals surface area contributed by atoms with Gasteiger partial charge < -0.3 is 10.1 Å². The molecule has 3 atom stereocenters. The minimum Gasteiger partial charge on any atom is -0.376 e. The number of nitrogens with zero attached hydrogens (tertiary/aromatic N) is 4. The molecule has 0 bridgehead atoms. The molecule has 3 heterocycles. The van der Waals surface area contributed by atoms with E-state index in [1.54, 1.807) is 4.68 Å². The molecule has 1 aromatic carbocycles. The van der Waals surface area contributed by atoms with Gasteiger partial charge in [-0.1, -0.05) is 23.4 Å². The van der Waals surface area contributed by atoms with E-state index in [2.05, 4.69) is 27.5 Å². The number of carbonyl (C=O) groups excluding carboxylic acids is 1. The second-order valence-electron chi connectivity index (χ2n) is 6.52. The number of aromatic nitrogens is 3. The van der Waals surface area contributed by atoms with Crippen molar-refractivity contribution in [2.45, 2.75) is 31.5 Å². The maximum absolute atomic E-state index is 12.7. The molecule has 2 saturated heterocycles. The Balaban J connectivity index is 1.45. The predicted octanol–water partition coefficient (Wildman–Crippen LogP) is 0.859. The molecule has 0 saturated carbocycles. The van der Waals surface area contributed by atoms with Gasteiger partial charge in [0, 0.05) is 25.2 Å². The lowest BCUT2D eigenvalue weighted by atomic mass is 10.1. The number of rotatable bonds is 3. The number of carbonyl (C=O) groups is 1. The van der Waals surface area contributed by atoms with Crippen molar-refractivity contribution in [2.24, 2.45) is 0 Å². The van der Waals surface area contributed by atoms with E-state index in [1.165, 1.54) is 6.20 Å². The number of amides is 1. The second kappa shape index (κ2) is 6.33. The van der Waals surface area contributed by atoms with E-state index in [1.807, 2.05) is 30.3 Å². The van der Waals surface area contributed by atoms with Crippen LogP contribution in [-0.4, -0.2) is 63.7 Å². The van der Waals surface area contributed by atoms with E-state index in [0.29, 0.717) is 11.7 Å². The first-order valence-electron chi connectivity index (χ1n) is 8.33. The van der Waals surface area contributed by atoms with Gasteiger partial charge in [0.25, 0.3) is 5.91 Å². The van der Waals surface area contributed by atoms with Crippen LogP contribution in [0.25, 0.3) is 5.69 Å². The Bertz CT molecular complexity index is 717. The molecule has 0 spiro atoms. The van der Waals surface area contributed by atoms with Crippen molar-refractivity contribution in [3.8, 4) is 5.69 Å². The number of morpholine rings is 1. The molecule has 1 amide bonds. The third-order valence-electron chi connectivity index (χ3n) is 4.71. The molecule has 2 aromatic rings. The van der Waals surface area contributed by atoms with Gasteiger partial charge in [0.2, 0.25) is 0 Å². The second-order valence-corrected chi connectivity index (χ2v) is 6.52. The molecule has 0 aliphatic carbocycles. The molecule has 126 valence electrons. The van der Waals surface area contributed by atoms with Crippen molar-refractivity contribution in [2.75, 3.05) is 19.7 Å². The molecular formula is C17H21N5O2. The molecule has 3 unspecified atom stereocenters. The summed E-state index contributed by atoms with van der Waals surface area (Å²) in [4.78, 5) is 15.1. The molecular weight excluding hydrogens is 306 g/mol. The van der Waals surface area contributed by atoms with Crippen molar-refractivity contribution < 1.29 is 9.53 Å². The lowest BCUT2D eigenvalue weighted by Crippen LogP contribution is -2.45. The molecule has 2 aliphatic rings. The molecule has 2 aliphatic heterocycles. The van der Waals surface area contributed by atoms with E-state index < -0.39 is 0 Å². The smallest absolute Gasteiger partial charge is 0.271 e. The molecule has 0 radical (unpaired) electrons. The normalized spacial score (nSPS) is 27.0. The summed E-state index contributed by atoms with van der Waals surface area (Å²) >= 11 is 0. The van der Waals surface area contributed by atoms with Crippen LogP contribution >= 0.6 is 0 Å². The molecule has 2 fully saturated rings. The van der Waals surface area contributed by atoms with Gasteiger partial charge in [-0.05, 0) is 25.5 Å². The summed E-state index contributed by atoms with van der Waals surface area (Å²) in [5.41, 5.74) is 1.28. The van der Waals surface area contributed by atoms with Crippen molar-refractivity contribution in [1.29, 1.82) is 0 Å². The first-order chi connectivity index (χ1) is 11.7. The van der Waals surface area contributed by atoms with Gasteiger partial charge in [0.15, 0.2) is 5.69 Å². The van der Waals surface area contributed by atoms with Crippen LogP contribution in [0.5, 0.6) is 0 Å². The summed E-state index contributed by atoms with van der Waals surface area (Å²) in [5.74, 6) is -0.136. The Morgan fingerprint density at radius 3 is 2.96 bits per heavy atom. The Kier molecular flexibility index (Phi) is 4.03. The first-order valence-corrected chi connectivity index (χ1v) is 8.33. The molecule has 7 nitrogen and oxygen atoms in total. The Morgan fingerprint density at radius 1 is 1.29 bits per heavy atom. The van der Waals surface area contributed by atoms with Crippen LogP contribution in [0.3, 0.4) is 0 Å². The van der Waals surface area contributed by atoms with Gasteiger partial charge in [0.1, 0.15) is 0 Å². The lowest BCUT2D eigenvalue weighted by molar-refractivity contribution is -0.0390. The van der Waals surface area contributed by atoms with E-state index in [4.69, 9.17) is 4.74 Å². The quantitative estimate of drug-likeness (QED) is 0.905. The maximum Gasteiger partial charge on any atom is 0.271 e. The highest BCUT2D eigenvalue weighted by atomic mass is 16.5. The highest BCUT2D eigenvalue weighted by Gasteiger charge is 2.37. The molecule has 1 N–H and O–H groups in total. The number of ether oxygens (including phenoxy) is 1. The molecule has 4 rings (SSSR count). The van der Waals surface area contributed by atoms with E-state index >= 15 is 0 Å². The van der Waals surface area contributed by atoms with Gasteiger partial charge in [-0.15, -0.1) is 5.10 Å². The van der Waals surface area contributed by atoms with Gasteiger partial charge in [-0.25, -0.2) is 4.68 Å². The summed E-state index contributed by atoms with van der Waals surface area (Å²) in [7, 11) is 0. The summed E-state index contributed by atoms with van der Waals surface area (Å²) in [6.07, 6.45) is 2.70. The van der Waals surface area contributed by atoms with Gasteiger partial charge in [-0.2, -0.15) is 0 Å². The van der Waals surface area contributed by atoms with Crippen molar-refractivity contribution in [3.05, 3.63) is 42.2 Å². The SMILES string of the molecule is CC1CN2CC(NC(=O)c3cnnn3-c3ccccc3)CC2CO1. The van der Waals surface area contributed by atoms with Crippen molar-refractivity contribution in [3.63, 3.8) is 0 Å². The first kappa shape index (κ1) is 15.3. The van der Waals surface area contributed by atoms with Crippen LogP contribution in [0, 0.1) is 0 Å². The summed E-state index contributed by atoms with van der Waals surface area (Å²) in [6, 6.07) is 10.1. The van der Waals surface area contributed by atoms with Gasteiger partial charge in [0.05, 0.1) is 24.6 Å². The van der Waals surface area contributed by atoms with Crippen LogP contribution in [0.4, 0.5) is 0 Å². The Morgan fingerprint density at radius 2 is 2.12 bits per heavy atom. The Hall–Kier alpha value is -2.25. The topological polar surface area (TPSA) is 72.3 Å². The van der Waals surface area contributed by atoms with Crippen LogP contribution in [0.1, 0.15) is 23.8 Å². The molecule has 1 aromatic heterocycles. The number of fused-ring (bicyclic) bond motifs is 1. The third kappa shape index (κ3) is 2.92. The van der Waals surface area contributed by atoms with E-state index in [-0.39, 0.29) is 18.1 Å². The number of hydrogen-bond donors (Lipinski definition) is 1. The highest BCUT2D eigenvalue weighted by Crippen LogP contribution is 2.23. The van der Waals surface area contributed by atoms with Gasteiger partial charge in [-0.3, -0.25) is 9.69 Å². The minimum absolute atomic E-state index is 0.135. The fourth-order valence-electron chi connectivity index (χ4n) is 3.55. The van der Waals surface area contributed by atoms with E-state index in [9.17, 15) is 4.79 Å². The summed E-state index contributed by atoms with van der Waals surface area (Å²) in [5, 5.41) is 11.1. The minimum atomic E-state index is -0.136. The maximum atomic E-state index is 12.7. The zero-order valence-electron chi connectivity index (χ0n) is 13.6. The van der Waals surface area contributed by atoms with Crippen molar-refractivity contribution >= 4 is 5.91 Å². The average molecular weight is 327 g/mol. The monoisotopic (exact) mass is 327 g/mol. The largest absolute Gasteiger partial charge is 0.376 e. The van der Waals surface area contributed by atoms with Gasteiger partial charge >= 0.3 is 0 Å². The number of hydrogen-bond acceptors (Lipinski definition) is 5.